The lowest BCUT2D eigenvalue weighted by Gasteiger charge is -2.61. The molecule has 0 amide bonds. The van der Waals surface area contributed by atoms with Crippen LogP contribution in [-0.2, 0) is 4.79 Å². The van der Waals surface area contributed by atoms with E-state index in [1.165, 1.54) is 19.3 Å². The van der Waals surface area contributed by atoms with Crippen LogP contribution in [-0.4, -0.2) is 12.1 Å². The van der Waals surface area contributed by atoms with Crippen LogP contribution in [0.3, 0.4) is 0 Å². The Kier molecular flexibility index (Phi) is 1.43. The number of isocyanates is 1. The van der Waals surface area contributed by atoms with Crippen LogP contribution in [0.5, 0.6) is 0 Å². The summed E-state index contributed by atoms with van der Waals surface area (Å²) in [7, 11) is 0. The summed E-state index contributed by atoms with van der Waals surface area (Å²) < 4.78 is 0. The third kappa shape index (κ3) is 0.791. The molecule has 1 spiro atoms. The van der Waals surface area contributed by atoms with E-state index in [0.29, 0.717) is 16.9 Å². The first-order chi connectivity index (χ1) is 6.61. The van der Waals surface area contributed by atoms with Crippen molar-refractivity contribution in [2.24, 2.45) is 27.7 Å². The molecule has 0 aromatic heterocycles. The van der Waals surface area contributed by atoms with Crippen molar-refractivity contribution in [1.82, 2.24) is 0 Å². The summed E-state index contributed by atoms with van der Waals surface area (Å²) in [6.45, 7) is 4.79. The van der Waals surface area contributed by atoms with Gasteiger partial charge in [0.25, 0.3) is 0 Å². The second kappa shape index (κ2) is 2.30. The lowest BCUT2D eigenvalue weighted by Crippen LogP contribution is -2.54. The minimum absolute atomic E-state index is 0.325. The van der Waals surface area contributed by atoms with E-state index >= 15 is 0 Å². The standard InChI is InChI=1S/C12H17NO/c1-11(2)8-3-4-12(9(11)5-8)6-10(12)13-7-14/h8-10H,3-6H2,1-2H3/t8-,9+,10?,12?/m0/s1. The quantitative estimate of drug-likeness (QED) is 0.462. The number of rotatable bonds is 1. The van der Waals surface area contributed by atoms with Crippen LogP contribution in [0.25, 0.3) is 0 Å². The van der Waals surface area contributed by atoms with Crippen LogP contribution in [0, 0.1) is 22.7 Å². The Hall–Kier alpha value is -0.620. The van der Waals surface area contributed by atoms with Gasteiger partial charge in [0.1, 0.15) is 0 Å². The van der Waals surface area contributed by atoms with Gasteiger partial charge in [0.15, 0.2) is 0 Å². The molecule has 2 heteroatoms. The maximum atomic E-state index is 10.3. The van der Waals surface area contributed by atoms with E-state index in [9.17, 15) is 4.79 Å². The van der Waals surface area contributed by atoms with Gasteiger partial charge in [-0.25, -0.2) is 9.79 Å². The van der Waals surface area contributed by atoms with Crippen molar-refractivity contribution < 1.29 is 4.79 Å². The zero-order valence-electron chi connectivity index (χ0n) is 8.92. The van der Waals surface area contributed by atoms with E-state index in [4.69, 9.17) is 0 Å². The molecule has 0 aromatic rings. The third-order valence-electron chi connectivity index (χ3n) is 5.41. The van der Waals surface area contributed by atoms with E-state index in [0.717, 1.165) is 18.3 Å². The Labute approximate surface area is 84.8 Å². The van der Waals surface area contributed by atoms with Gasteiger partial charge in [-0.3, -0.25) is 0 Å². The Morgan fingerprint density at radius 2 is 2.21 bits per heavy atom. The Bertz CT molecular complexity index is 327. The summed E-state index contributed by atoms with van der Waals surface area (Å²) in [5.74, 6) is 1.77. The lowest BCUT2D eigenvalue weighted by molar-refractivity contribution is -0.118. The van der Waals surface area contributed by atoms with Crippen LogP contribution in [0.1, 0.15) is 39.5 Å². The van der Waals surface area contributed by atoms with E-state index in [1.807, 2.05) is 0 Å². The van der Waals surface area contributed by atoms with Gasteiger partial charge in [0, 0.05) is 0 Å². The number of nitrogens with zero attached hydrogens (tertiary/aromatic N) is 1. The molecular formula is C12H17NO. The number of fused-ring (bicyclic) bond motifs is 1. The molecule has 4 fully saturated rings. The van der Waals surface area contributed by atoms with Crippen molar-refractivity contribution in [3.63, 3.8) is 0 Å². The summed E-state index contributed by atoms with van der Waals surface area (Å²) in [6.07, 6.45) is 6.95. The molecule has 0 heterocycles. The molecule has 0 aliphatic heterocycles. The summed E-state index contributed by atoms with van der Waals surface area (Å²) in [6, 6.07) is 0.325. The van der Waals surface area contributed by atoms with Gasteiger partial charge in [0.05, 0.1) is 6.04 Å². The molecule has 0 saturated heterocycles. The van der Waals surface area contributed by atoms with Crippen LogP contribution in [0.15, 0.2) is 4.99 Å². The van der Waals surface area contributed by atoms with Crippen LogP contribution in [0.4, 0.5) is 0 Å². The molecule has 2 unspecified atom stereocenters. The van der Waals surface area contributed by atoms with Crippen molar-refractivity contribution in [1.29, 1.82) is 0 Å². The van der Waals surface area contributed by atoms with Crippen molar-refractivity contribution in [2.75, 3.05) is 0 Å². The normalized spacial score (nSPS) is 52.0. The van der Waals surface area contributed by atoms with E-state index in [1.54, 1.807) is 6.08 Å². The monoisotopic (exact) mass is 191 g/mol. The van der Waals surface area contributed by atoms with E-state index < -0.39 is 0 Å². The molecule has 0 radical (unpaired) electrons. The number of hydrogen-bond acceptors (Lipinski definition) is 2. The van der Waals surface area contributed by atoms with E-state index in [-0.39, 0.29) is 0 Å². The zero-order valence-corrected chi connectivity index (χ0v) is 8.92. The van der Waals surface area contributed by atoms with Crippen LogP contribution in [0.2, 0.25) is 0 Å². The SMILES string of the molecule is CC1(C)[C@H]2CCC3(CC3N=C=O)[C@@H]1C2. The molecule has 4 atom stereocenters. The number of carbonyl (C=O) groups excluding carboxylic acids is 1. The maximum absolute atomic E-state index is 10.3. The average molecular weight is 191 g/mol. The van der Waals surface area contributed by atoms with Crippen molar-refractivity contribution in [3.05, 3.63) is 0 Å². The first-order valence-corrected chi connectivity index (χ1v) is 5.68. The van der Waals surface area contributed by atoms with Gasteiger partial charge in [-0.15, -0.1) is 0 Å². The molecule has 4 aliphatic carbocycles. The second-order valence-electron chi connectivity index (χ2n) is 6.02. The molecule has 2 nitrogen and oxygen atoms in total. The number of hydrogen-bond donors (Lipinski definition) is 0. The van der Waals surface area contributed by atoms with Gasteiger partial charge < -0.3 is 0 Å². The third-order valence-corrected chi connectivity index (χ3v) is 5.41. The summed E-state index contributed by atoms with van der Waals surface area (Å²) >= 11 is 0. The first-order valence-electron chi connectivity index (χ1n) is 5.68. The predicted molar refractivity (Wildman–Crippen MR) is 53.6 cm³/mol. The molecule has 14 heavy (non-hydrogen) atoms. The minimum atomic E-state index is 0.325. The fourth-order valence-corrected chi connectivity index (χ4v) is 4.28. The molecule has 4 saturated carbocycles. The molecule has 2 bridgehead atoms. The summed E-state index contributed by atoms with van der Waals surface area (Å²) in [4.78, 5) is 14.2. The van der Waals surface area contributed by atoms with Gasteiger partial charge in [0.2, 0.25) is 6.08 Å². The van der Waals surface area contributed by atoms with Crippen molar-refractivity contribution in [2.45, 2.75) is 45.6 Å². The lowest BCUT2D eigenvalue weighted by atomic mass is 9.44. The van der Waals surface area contributed by atoms with E-state index in [2.05, 4.69) is 18.8 Å². The average Bonchev–Trinajstić information content (AvgIpc) is 2.78. The molecular weight excluding hydrogens is 174 g/mol. The molecule has 0 N–H and O–H groups in total. The van der Waals surface area contributed by atoms with Crippen LogP contribution >= 0.6 is 0 Å². The highest BCUT2D eigenvalue weighted by atomic mass is 16.1. The van der Waals surface area contributed by atoms with Gasteiger partial charge in [-0.2, -0.15) is 0 Å². The topological polar surface area (TPSA) is 29.4 Å². The maximum Gasteiger partial charge on any atom is 0.235 e. The Balaban J connectivity index is 1.87. The molecule has 76 valence electrons. The van der Waals surface area contributed by atoms with Crippen molar-refractivity contribution in [3.8, 4) is 0 Å². The smallest absolute Gasteiger partial charge is 0.211 e. The van der Waals surface area contributed by atoms with Crippen molar-refractivity contribution >= 4 is 6.08 Å². The summed E-state index contributed by atoms with van der Waals surface area (Å²) in [5.41, 5.74) is 0.946. The summed E-state index contributed by atoms with van der Waals surface area (Å²) in [5, 5.41) is 0. The number of aliphatic imine (C=N–C) groups is 1. The highest BCUT2D eigenvalue weighted by Gasteiger charge is 2.70. The zero-order chi connectivity index (χ0) is 9.97. The molecule has 4 rings (SSSR count). The fourth-order valence-electron chi connectivity index (χ4n) is 4.28. The minimum Gasteiger partial charge on any atom is -0.211 e. The van der Waals surface area contributed by atoms with Gasteiger partial charge in [-0.05, 0) is 48.3 Å². The first kappa shape index (κ1) is 8.67. The Morgan fingerprint density at radius 1 is 1.43 bits per heavy atom. The van der Waals surface area contributed by atoms with Gasteiger partial charge in [-0.1, -0.05) is 13.8 Å². The van der Waals surface area contributed by atoms with Gasteiger partial charge >= 0.3 is 0 Å². The molecule has 4 aliphatic rings. The highest BCUT2D eigenvalue weighted by Crippen LogP contribution is 2.74. The molecule has 0 aromatic carbocycles. The highest BCUT2D eigenvalue weighted by molar-refractivity contribution is 5.37. The fraction of sp³-hybridized carbons (Fsp3) is 0.917. The second-order valence-corrected chi connectivity index (χ2v) is 6.02. The Morgan fingerprint density at radius 3 is 2.79 bits per heavy atom. The van der Waals surface area contributed by atoms with Crippen LogP contribution < -0.4 is 0 Å². The largest absolute Gasteiger partial charge is 0.235 e. The predicted octanol–water partition coefficient (Wildman–Crippen LogP) is 2.54.